The van der Waals surface area contributed by atoms with E-state index in [1.807, 2.05) is 56.3 Å². The molecule has 116 valence electrons. The maximum absolute atomic E-state index is 12.1. The van der Waals surface area contributed by atoms with E-state index in [1.54, 1.807) is 0 Å². The fraction of sp³-hybridized carbons (Fsp3) is 0.235. The highest BCUT2D eigenvalue weighted by Crippen LogP contribution is 2.22. The zero-order valence-corrected chi connectivity index (χ0v) is 14.8. The molecule has 2 aromatic rings. The van der Waals surface area contributed by atoms with Gasteiger partial charge in [0.05, 0.1) is 6.54 Å². The van der Waals surface area contributed by atoms with Crippen LogP contribution in [0.4, 0.5) is 5.69 Å². The number of anilines is 1. The molecule has 0 aliphatic heterocycles. The second-order valence-electron chi connectivity index (χ2n) is 5.13. The monoisotopic (exact) mass is 380 g/mol. The summed E-state index contributed by atoms with van der Waals surface area (Å²) in [4.78, 5) is 12.1. The Bertz CT molecular complexity index is 675. The molecule has 0 aliphatic carbocycles. The normalized spacial score (nSPS) is 12.0. The summed E-state index contributed by atoms with van der Waals surface area (Å²) in [5.41, 5.74) is 2.82. The Morgan fingerprint density at radius 2 is 2.00 bits per heavy atom. The summed E-state index contributed by atoms with van der Waals surface area (Å²) in [6.45, 7) is 4.17. The minimum Gasteiger partial charge on any atom is -0.325 e. The minimum absolute atomic E-state index is 0.00506. The summed E-state index contributed by atoms with van der Waals surface area (Å²) in [5.74, 6) is -0.0793. The van der Waals surface area contributed by atoms with Crippen LogP contribution in [0.5, 0.6) is 0 Å². The predicted octanol–water partition coefficient (Wildman–Crippen LogP) is 4.70. The average molecular weight is 382 g/mol. The van der Waals surface area contributed by atoms with Crippen molar-refractivity contribution in [2.75, 3.05) is 11.9 Å². The molecule has 0 unspecified atom stereocenters. The molecule has 0 bridgehead atoms. The molecule has 0 fully saturated rings. The lowest BCUT2D eigenvalue weighted by Gasteiger charge is -2.16. The minimum atomic E-state index is -0.0793. The van der Waals surface area contributed by atoms with Gasteiger partial charge in [0, 0.05) is 21.2 Å². The summed E-state index contributed by atoms with van der Waals surface area (Å²) in [5, 5.41) is 6.79. The molecule has 3 nitrogen and oxygen atoms in total. The molecule has 0 saturated carbocycles. The number of amides is 1. The Hall–Kier alpha value is -1.36. The van der Waals surface area contributed by atoms with Crippen molar-refractivity contribution in [1.82, 2.24) is 5.32 Å². The lowest BCUT2D eigenvalue weighted by molar-refractivity contribution is -0.115. The van der Waals surface area contributed by atoms with Crippen molar-refractivity contribution in [2.24, 2.45) is 0 Å². The highest BCUT2D eigenvalue weighted by atomic mass is 79.9. The third kappa shape index (κ3) is 4.57. The van der Waals surface area contributed by atoms with Gasteiger partial charge in [-0.15, -0.1) is 0 Å². The number of benzene rings is 2. The van der Waals surface area contributed by atoms with Gasteiger partial charge in [0.15, 0.2) is 0 Å². The third-order valence-corrected chi connectivity index (χ3v) is 4.24. The van der Waals surface area contributed by atoms with Crippen LogP contribution in [0.3, 0.4) is 0 Å². The largest absolute Gasteiger partial charge is 0.325 e. The van der Waals surface area contributed by atoms with E-state index in [0.29, 0.717) is 5.02 Å². The summed E-state index contributed by atoms with van der Waals surface area (Å²) in [6.07, 6.45) is 0. The fourth-order valence-corrected chi connectivity index (χ4v) is 2.92. The molecule has 0 radical (unpaired) electrons. The SMILES string of the molecule is Cc1cc(Br)ccc1NC(=O)CN[C@H](C)c1ccccc1Cl. The summed E-state index contributed by atoms with van der Waals surface area (Å²) >= 11 is 9.56. The summed E-state index contributed by atoms with van der Waals surface area (Å²) < 4.78 is 0.994. The van der Waals surface area contributed by atoms with Gasteiger partial charge in [-0.05, 0) is 49.2 Å². The van der Waals surface area contributed by atoms with Gasteiger partial charge in [-0.2, -0.15) is 0 Å². The number of halogens is 2. The van der Waals surface area contributed by atoms with E-state index in [1.165, 1.54) is 0 Å². The Labute approximate surface area is 144 Å². The van der Waals surface area contributed by atoms with Gasteiger partial charge in [0.2, 0.25) is 5.91 Å². The van der Waals surface area contributed by atoms with E-state index >= 15 is 0 Å². The number of hydrogen-bond donors (Lipinski definition) is 2. The molecule has 1 amide bonds. The highest BCUT2D eigenvalue weighted by Gasteiger charge is 2.11. The van der Waals surface area contributed by atoms with Gasteiger partial charge in [0.1, 0.15) is 0 Å². The second kappa shape index (κ2) is 7.77. The van der Waals surface area contributed by atoms with Crippen molar-refractivity contribution >= 4 is 39.1 Å². The van der Waals surface area contributed by atoms with Crippen molar-refractivity contribution in [3.05, 3.63) is 63.1 Å². The summed E-state index contributed by atoms with van der Waals surface area (Å²) in [6, 6.07) is 13.4. The van der Waals surface area contributed by atoms with E-state index in [4.69, 9.17) is 11.6 Å². The maximum Gasteiger partial charge on any atom is 0.238 e. The molecule has 0 aromatic heterocycles. The van der Waals surface area contributed by atoms with Crippen molar-refractivity contribution in [3.63, 3.8) is 0 Å². The van der Waals surface area contributed by atoms with E-state index in [2.05, 4.69) is 26.6 Å². The molecule has 5 heteroatoms. The van der Waals surface area contributed by atoms with Crippen LogP contribution in [0.25, 0.3) is 0 Å². The number of hydrogen-bond acceptors (Lipinski definition) is 2. The lowest BCUT2D eigenvalue weighted by atomic mass is 10.1. The molecule has 0 saturated heterocycles. The van der Waals surface area contributed by atoms with Gasteiger partial charge in [0.25, 0.3) is 0 Å². The number of carbonyl (C=O) groups is 1. The maximum atomic E-state index is 12.1. The second-order valence-corrected chi connectivity index (χ2v) is 6.45. The van der Waals surface area contributed by atoms with Crippen LogP contribution in [-0.2, 0) is 4.79 Å². The Morgan fingerprint density at radius 1 is 1.27 bits per heavy atom. The van der Waals surface area contributed by atoms with Crippen molar-refractivity contribution in [2.45, 2.75) is 19.9 Å². The van der Waals surface area contributed by atoms with Crippen molar-refractivity contribution in [1.29, 1.82) is 0 Å². The van der Waals surface area contributed by atoms with E-state index < -0.39 is 0 Å². The molecule has 0 heterocycles. The molecule has 2 aromatic carbocycles. The fourth-order valence-electron chi connectivity index (χ4n) is 2.14. The molecule has 2 N–H and O–H groups in total. The summed E-state index contributed by atoms with van der Waals surface area (Å²) in [7, 11) is 0. The Balaban J connectivity index is 1.91. The van der Waals surface area contributed by atoms with Crippen LogP contribution in [-0.4, -0.2) is 12.5 Å². The van der Waals surface area contributed by atoms with Crippen molar-refractivity contribution in [3.8, 4) is 0 Å². The van der Waals surface area contributed by atoms with Crippen LogP contribution in [0.1, 0.15) is 24.1 Å². The molecule has 1 atom stereocenters. The first kappa shape index (κ1) is 17.0. The smallest absolute Gasteiger partial charge is 0.238 e. The van der Waals surface area contributed by atoms with Crippen LogP contribution in [0, 0.1) is 6.92 Å². The van der Waals surface area contributed by atoms with Crippen LogP contribution < -0.4 is 10.6 Å². The first-order valence-electron chi connectivity index (χ1n) is 7.01. The zero-order valence-electron chi connectivity index (χ0n) is 12.5. The lowest BCUT2D eigenvalue weighted by Crippen LogP contribution is -2.30. The van der Waals surface area contributed by atoms with Gasteiger partial charge in [-0.3, -0.25) is 4.79 Å². The van der Waals surface area contributed by atoms with Gasteiger partial charge in [-0.25, -0.2) is 0 Å². The number of rotatable bonds is 5. The molecule has 2 rings (SSSR count). The molecular formula is C17H18BrClN2O. The van der Waals surface area contributed by atoms with E-state index in [0.717, 1.165) is 21.3 Å². The Morgan fingerprint density at radius 3 is 2.68 bits per heavy atom. The van der Waals surface area contributed by atoms with Crippen LogP contribution in [0.15, 0.2) is 46.9 Å². The number of nitrogens with one attached hydrogen (secondary N) is 2. The highest BCUT2D eigenvalue weighted by molar-refractivity contribution is 9.10. The molecule has 0 spiro atoms. The first-order chi connectivity index (χ1) is 10.5. The average Bonchev–Trinajstić information content (AvgIpc) is 2.48. The van der Waals surface area contributed by atoms with Gasteiger partial charge in [-0.1, -0.05) is 45.7 Å². The standard InChI is InChI=1S/C17H18BrClN2O/c1-11-9-13(18)7-8-16(11)21-17(22)10-20-12(2)14-5-3-4-6-15(14)19/h3-9,12,20H,10H2,1-2H3,(H,21,22)/t12-/m1/s1. The predicted molar refractivity (Wildman–Crippen MR) is 95.4 cm³/mol. The van der Waals surface area contributed by atoms with E-state index in [-0.39, 0.29) is 18.5 Å². The molecule has 0 aliphatic rings. The number of aryl methyl sites for hydroxylation is 1. The first-order valence-corrected chi connectivity index (χ1v) is 8.18. The Kier molecular flexibility index (Phi) is 6.00. The third-order valence-electron chi connectivity index (χ3n) is 3.40. The van der Waals surface area contributed by atoms with Crippen molar-refractivity contribution < 1.29 is 4.79 Å². The van der Waals surface area contributed by atoms with Crippen LogP contribution >= 0.6 is 27.5 Å². The van der Waals surface area contributed by atoms with E-state index in [9.17, 15) is 4.79 Å². The topological polar surface area (TPSA) is 41.1 Å². The van der Waals surface area contributed by atoms with Crippen LogP contribution in [0.2, 0.25) is 5.02 Å². The zero-order chi connectivity index (χ0) is 16.1. The quantitative estimate of drug-likeness (QED) is 0.788. The molecule has 22 heavy (non-hydrogen) atoms. The molecular weight excluding hydrogens is 364 g/mol. The number of carbonyl (C=O) groups excluding carboxylic acids is 1. The van der Waals surface area contributed by atoms with Gasteiger partial charge >= 0.3 is 0 Å². The van der Waals surface area contributed by atoms with Gasteiger partial charge < -0.3 is 10.6 Å².